The first kappa shape index (κ1) is 11.4. The van der Waals surface area contributed by atoms with Crippen LogP contribution in [0.3, 0.4) is 0 Å². The number of hydrogen-bond donors (Lipinski definition) is 2. The van der Waals surface area contributed by atoms with Crippen molar-refractivity contribution in [3.05, 3.63) is 0 Å². The molecule has 2 fully saturated rings. The van der Waals surface area contributed by atoms with E-state index in [4.69, 9.17) is 9.84 Å². The standard InChI is InChI=1S/C12H23NO2/c1-10(11-2-7-15-8-11)13-9-12(3-4-12)5-6-14/h10-11,13-14H,2-9H2,1H3. The van der Waals surface area contributed by atoms with Gasteiger partial charge in [-0.05, 0) is 43.9 Å². The maximum atomic E-state index is 8.97. The van der Waals surface area contributed by atoms with Gasteiger partial charge in [0.05, 0.1) is 6.61 Å². The smallest absolute Gasteiger partial charge is 0.0509 e. The molecule has 0 radical (unpaired) electrons. The molecular weight excluding hydrogens is 190 g/mol. The molecule has 3 nitrogen and oxygen atoms in total. The molecule has 0 aromatic heterocycles. The van der Waals surface area contributed by atoms with Gasteiger partial charge in [-0.1, -0.05) is 0 Å². The summed E-state index contributed by atoms with van der Waals surface area (Å²) in [5.74, 6) is 0.690. The monoisotopic (exact) mass is 213 g/mol. The Morgan fingerprint density at radius 1 is 1.53 bits per heavy atom. The van der Waals surface area contributed by atoms with Crippen LogP contribution in [0, 0.1) is 11.3 Å². The molecule has 88 valence electrons. The van der Waals surface area contributed by atoms with Gasteiger partial charge in [0, 0.05) is 25.8 Å². The zero-order valence-electron chi connectivity index (χ0n) is 9.67. The Kier molecular flexibility index (Phi) is 3.65. The molecule has 1 saturated heterocycles. The van der Waals surface area contributed by atoms with Crippen LogP contribution in [-0.4, -0.2) is 37.5 Å². The second-order valence-corrected chi connectivity index (χ2v) is 5.27. The minimum absolute atomic E-state index is 0.336. The van der Waals surface area contributed by atoms with Crippen molar-refractivity contribution in [1.82, 2.24) is 5.32 Å². The highest BCUT2D eigenvalue weighted by Gasteiger charge is 2.41. The number of aliphatic hydroxyl groups excluding tert-OH is 1. The Balaban J connectivity index is 1.68. The number of hydrogen-bond acceptors (Lipinski definition) is 3. The predicted molar refractivity (Wildman–Crippen MR) is 59.8 cm³/mol. The average Bonchev–Trinajstić information content (AvgIpc) is 2.81. The van der Waals surface area contributed by atoms with E-state index in [9.17, 15) is 0 Å². The molecule has 2 rings (SSSR count). The lowest BCUT2D eigenvalue weighted by molar-refractivity contribution is 0.176. The molecule has 1 aliphatic carbocycles. The molecule has 2 atom stereocenters. The molecule has 0 bridgehead atoms. The van der Waals surface area contributed by atoms with Crippen LogP contribution in [-0.2, 0) is 4.74 Å². The molecule has 0 aromatic rings. The second kappa shape index (κ2) is 4.81. The van der Waals surface area contributed by atoms with Crippen LogP contribution in [0.2, 0.25) is 0 Å². The van der Waals surface area contributed by atoms with E-state index in [0.29, 0.717) is 24.0 Å². The highest BCUT2D eigenvalue weighted by molar-refractivity contribution is 4.95. The molecule has 1 heterocycles. The summed E-state index contributed by atoms with van der Waals surface area (Å²) in [6.07, 6.45) is 4.73. The van der Waals surface area contributed by atoms with Crippen molar-refractivity contribution < 1.29 is 9.84 Å². The minimum Gasteiger partial charge on any atom is -0.396 e. The molecule has 0 spiro atoms. The summed E-state index contributed by atoms with van der Waals surface area (Å²) in [4.78, 5) is 0. The van der Waals surface area contributed by atoms with E-state index in [1.807, 2.05) is 0 Å². The van der Waals surface area contributed by atoms with Crippen molar-refractivity contribution >= 4 is 0 Å². The summed E-state index contributed by atoms with van der Waals surface area (Å²) in [5.41, 5.74) is 0.433. The maximum absolute atomic E-state index is 8.97. The van der Waals surface area contributed by atoms with Gasteiger partial charge in [0.2, 0.25) is 0 Å². The van der Waals surface area contributed by atoms with E-state index >= 15 is 0 Å². The van der Waals surface area contributed by atoms with Gasteiger partial charge < -0.3 is 15.2 Å². The molecule has 2 unspecified atom stereocenters. The van der Waals surface area contributed by atoms with Gasteiger partial charge in [-0.3, -0.25) is 0 Å². The van der Waals surface area contributed by atoms with Gasteiger partial charge >= 0.3 is 0 Å². The van der Waals surface area contributed by atoms with Crippen LogP contribution < -0.4 is 5.32 Å². The number of nitrogens with one attached hydrogen (secondary N) is 1. The normalized spacial score (nSPS) is 30.4. The quantitative estimate of drug-likeness (QED) is 0.696. The van der Waals surface area contributed by atoms with Gasteiger partial charge in [-0.25, -0.2) is 0 Å². The lowest BCUT2D eigenvalue weighted by atomic mass is 9.98. The first-order valence-corrected chi connectivity index (χ1v) is 6.18. The van der Waals surface area contributed by atoms with E-state index in [1.54, 1.807) is 0 Å². The fourth-order valence-corrected chi connectivity index (χ4v) is 2.42. The van der Waals surface area contributed by atoms with E-state index in [0.717, 1.165) is 26.2 Å². The van der Waals surface area contributed by atoms with Crippen LogP contribution in [0.25, 0.3) is 0 Å². The van der Waals surface area contributed by atoms with Gasteiger partial charge in [-0.15, -0.1) is 0 Å². The zero-order valence-corrected chi connectivity index (χ0v) is 9.67. The Morgan fingerprint density at radius 3 is 2.87 bits per heavy atom. The van der Waals surface area contributed by atoms with Gasteiger partial charge in [0.25, 0.3) is 0 Å². The van der Waals surface area contributed by atoms with Crippen molar-refractivity contribution in [2.75, 3.05) is 26.4 Å². The van der Waals surface area contributed by atoms with Crippen molar-refractivity contribution in [2.45, 2.75) is 38.6 Å². The third-order valence-corrected chi connectivity index (χ3v) is 4.07. The Bertz CT molecular complexity index is 198. The maximum Gasteiger partial charge on any atom is 0.0509 e. The highest BCUT2D eigenvalue weighted by atomic mass is 16.5. The summed E-state index contributed by atoms with van der Waals surface area (Å²) in [7, 11) is 0. The molecule has 1 aliphatic heterocycles. The Morgan fingerprint density at radius 2 is 2.33 bits per heavy atom. The van der Waals surface area contributed by atoms with Crippen LogP contribution >= 0.6 is 0 Å². The molecule has 15 heavy (non-hydrogen) atoms. The van der Waals surface area contributed by atoms with Crippen LogP contribution in [0.5, 0.6) is 0 Å². The van der Waals surface area contributed by atoms with Crippen molar-refractivity contribution in [2.24, 2.45) is 11.3 Å². The average molecular weight is 213 g/mol. The summed E-state index contributed by atoms with van der Waals surface area (Å²) < 4.78 is 5.39. The van der Waals surface area contributed by atoms with Crippen LogP contribution in [0.1, 0.15) is 32.6 Å². The molecular formula is C12H23NO2. The third-order valence-electron chi connectivity index (χ3n) is 4.07. The highest BCUT2D eigenvalue weighted by Crippen LogP contribution is 2.48. The summed E-state index contributed by atoms with van der Waals surface area (Å²) in [6, 6.07) is 0.559. The van der Waals surface area contributed by atoms with E-state index in [-0.39, 0.29) is 0 Å². The van der Waals surface area contributed by atoms with E-state index < -0.39 is 0 Å². The van der Waals surface area contributed by atoms with Crippen molar-refractivity contribution in [1.29, 1.82) is 0 Å². The summed E-state index contributed by atoms with van der Waals surface area (Å²) in [5, 5.41) is 12.6. The SMILES string of the molecule is CC(NCC1(CCO)CC1)C1CCOC1. The first-order chi connectivity index (χ1) is 7.26. The Labute approximate surface area is 92.2 Å². The fourth-order valence-electron chi connectivity index (χ4n) is 2.42. The Hall–Kier alpha value is -0.120. The molecule has 0 amide bonds. The molecule has 2 N–H and O–H groups in total. The second-order valence-electron chi connectivity index (χ2n) is 5.27. The fraction of sp³-hybridized carbons (Fsp3) is 1.00. The van der Waals surface area contributed by atoms with Crippen LogP contribution in [0.4, 0.5) is 0 Å². The molecule has 1 saturated carbocycles. The first-order valence-electron chi connectivity index (χ1n) is 6.18. The predicted octanol–water partition coefficient (Wildman–Crippen LogP) is 1.16. The lowest BCUT2D eigenvalue weighted by Gasteiger charge is -2.23. The van der Waals surface area contributed by atoms with Crippen molar-refractivity contribution in [3.63, 3.8) is 0 Å². The largest absolute Gasteiger partial charge is 0.396 e. The van der Waals surface area contributed by atoms with Gasteiger partial charge in [0.1, 0.15) is 0 Å². The molecule has 0 aromatic carbocycles. The van der Waals surface area contributed by atoms with Gasteiger partial charge in [-0.2, -0.15) is 0 Å². The number of aliphatic hydroxyl groups is 1. The third kappa shape index (κ3) is 2.92. The number of rotatable bonds is 6. The topological polar surface area (TPSA) is 41.5 Å². The zero-order chi connectivity index (χ0) is 10.7. The summed E-state index contributed by atoms with van der Waals surface area (Å²) >= 11 is 0. The minimum atomic E-state index is 0.336. The van der Waals surface area contributed by atoms with E-state index in [2.05, 4.69) is 12.2 Å². The van der Waals surface area contributed by atoms with Gasteiger partial charge in [0.15, 0.2) is 0 Å². The lowest BCUT2D eigenvalue weighted by Crippen LogP contribution is -2.37. The summed E-state index contributed by atoms with van der Waals surface area (Å²) in [6.45, 7) is 5.52. The number of ether oxygens (including phenoxy) is 1. The van der Waals surface area contributed by atoms with E-state index in [1.165, 1.54) is 19.3 Å². The van der Waals surface area contributed by atoms with Crippen molar-refractivity contribution in [3.8, 4) is 0 Å². The van der Waals surface area contributed by atoms with Crippen LogP contribution in [0.15, 0.2) is 0 Å². The molecule has 3 heteroatoms. The molecule has 2 aliphatic rings.